The molecule has 2 aromatic rings. The van der Waals surface area contributed by atoms with Gasteiger partial charge in [0, 0.05) is 37.6 Å². The van der Waals surface area contributed by atoms with Crippen LogP contribution in [0.1, 0.15) is 6.92 Å². The standard InChI is InChI=1S/C22H29N5O5S/c1-2-32-19-7-3-17(4-8-19)24-21(28)15-26-11-13-27(14-12-26)16-22(29)25-18-5-9-20(10-6-18)33(23,30)31/h3-10H,2,11-16H2,1H3,(H,24,28)(H,25,29)(H2,23,30,31). The largest absolute Gasteiger partial charge is 0.494 e. The lowest BCUT2D eigenvalue weighted by Crippen LogP contribution is -2.50. The number of nitrogens with two attached hydrogens (primary N) is 1. The van der Waals surface area contributed by atoms with E-state index in [-0.39, 0.29) is 29.8 Å². The molecule has 1 heterocycles. The van der Waals surface area contributed by atoms with Crippen molar-refractivity contribution in [3.63, 3.8) is 0 Å². The highest BCUT2D eigenvalue weighted by molar-refractivity contribution is 7.89. The first-order valence-corrected chi connectivity index (χ1v) is 12.2. The Hall–Kier alpha value is -2.99. The number of sulfonamides is 1. The van der Waals surface area contributed by atoms with E-state index < -0.39 is 10.0 Å². The second-order valence-electron chi connectivity index (χ2n) is 7.68. The van der Waals surface area contributed by atoms with Gasteiger partial charge in [0.15, 0.2) is 0 Å². The molecule has 1 fully saturated rings. The van der Waals surface area contributed by atoms with Crippen LogP contribution in [0.5, 0.6) is 5.75 Å². The quantitative estimate of drug-likeness (QED) is 0.491. The number of primary sulfonamides is 1. The number of ether oxygens (including phenoxy) is 1. The molecular formula is C22H29N5O5S. The highest BCUT2D eigenvalue weighted by Crippen LogP contribution is 2.16. The fourth-order valence-corrected chi connectivity index (χ4v) is 3.96. The van der Waals surface area contributed by atoms with Crippen molar-refractivity contribution in [2.75, 3.05) is 56.5 Å². The van der Waals surface area contributed by atoms with Crippen molar-refractivity contribution in [1.82, 2.24) is 9.80 Å². The lowest BCUT2D eigenvalue weighted by molar-refractivity contribution is -0.120. The number of hydrogen-bond donors (Lipinski definition) is 3. The number of anilines is 2. The predicted octanol–water partition coefficient (Wildman–Crippen LogP) is 0.928. The van der Waals surface area contributed by atoms with Crippen LogP contribution in [-0.2, 0) is 19.6 Å². The molecule has 33 heavy (non-hydrogen) atoms. The van der Waals surface area contributed by atoms with Crippen molar-refractivity contribution >= 4 is 33.2 Å². The summed E-state index contributed by atoms with van der Waals surface area (Å²) in [4.78, 5) is 28.7. The highest BCUT2D eigenvalue weighted by atomic mass is 32.2. The summed E-state index contributed by atoms with van der Waals surface area (Å²) in [7, 11) is -3.77. The van der Waals surface area contributed by atoms with Crippen LogP contribution < -0.4 is 20.5 Å². The fourth-order valence-electron chi connectivity index (χ4n) is 3.44. The molecule has 4 N–H and O–H groups in total. The molecule has 0 aromatic heterocycles. The van der Waals surface area contributed by atoms with Crippen molar-refractivity contribution in [2.45, 2.75) is 11.8 Å². The third-order valence-corrected chi connectivity index (χ3v) is 6.04. The van der Waals surface area contributed by atoms with Crippen molar-refractivity contribution in [2.24, 2.45) is 5.14 Å². The molecule has 0 bridgehead atoms. The first kappa shape index (κ1) is 24.6. The van der Waals surface area contributed by atoms with E-state index >= 15 is 0 Å². The van der Waals surface area contributed by atoms with Gasteiger partial charge in [-0.3, -0.25) is 19.4 Å². The van der Waals surface area contributed by atoms with Crippen molar-refractivity contribution in [3.05, 3.63) is 48.5 Å². The van der Waals surface area contributed by atoms with E-state index in [1.807, 2.05) is 41.0 Å². The summed E-state index contributed by atoms with van der Waals surface area (Å²) < 4.78 is 28.0. The second-order valence-corrected chi connectivity index (χ2v) is 9.24. The fraction of sp³-hybridized carbons (Fsp3) is 0.364. The van der Waals surface area contributed by atoms with Crippen LogP contribution >= 0.6 is 0 Å². The van der Waals surface area contributed by atoms with E-state index in [9.17, 15) is 18.0 Å². The molecule has 0 atom stereocenters. The zero-order chi connectivity index (χ0) is 23.8. The van der Waals surface area contributed by atoms with Crippen LogP contribution in [0.15, 0.2) is 53.4 Å². The van der Waals surface area contributed by atoms with E-state index in [1.54, 1.807) is 0 Å². The Kier molecular flexibility index (Phi) is 8.39. The van der Waals surface area contributed by atoms with Crippen molar-refractivity contribution in [1.29, 1.82) is 0 Å². The molecule has 3 rings (SSSR count). The maximum absolute atomic E-state index is 12.3. The minimum absolute atomic E-state index is 0.0109. The van der Waals surface area contributed by atoms with Gasteiger partial charge in [0.25, 0.3) is 0 Å². The number of hydrogen-bond acceptors (Lipinski definition) is 7. The van der Waals surface area contributed by atoms with Crippen molar-refractivity contribution in [3.8, 4) is 5.75 Å². The normalized spacial score (nSPS) is 15.1. The summed E-state index contributed by atoms with van der Waals surface area (Å²) in [6.45, 7) is 5.67. The van der Waals surface area contributed by atoms with E-state index in [0.29, 0.717) is 38.5 Å². The van der Waals surface area contributed by atoms with Gasteiger partial charge in [-0.25, -0.2) is 13.6 Å². The maximum Gasteiger partial charge on any atom is 0.238 e. The smallest absolute Gasteiger partial charge is 0.238 e. The van der Waals surface area contributed by atoms with Crippen LogP contribution in [-0.4, -0.2) is 75.9 Å². The lowest BCUT2D eigenvalue weighted by atomic mass is 10.2. The van der Waals surface area contributed by atoms with Crippen molar-refractivity contribution < 1.29 is 22.7 Å². The first-order chi connectivity index (χ1) is 15.7. The van der Waals surface area contributed by atoms with Gasteiger partial charge in [-0.2, -0.15) is 0 Å². The van der Waals surface area contributed by atoms with Gasteiger partial charge in [-0.1, -0.05) is 0 Å². The Morgan fingerprint density at radius 2 is 1.27 bits per heavy atom. The molecule has 1 aliphatic rings. The Labute approximate surface area is 193 Å². The topological polar surface area (TPSA) is 134 Å². The van der Waals surface area contributed by atoms with Crippen LogP contribution in [0, 0.1) is 0 Å². The first-order valence-electron chi connectivity index (χ1n) is 10.6. The molecule has 0 unspecified atom stereocenters. The van der Waals surface area contributed by atoms with Crippen LogP contribution in [0.2, 0.25) is 0 Å². The van der Waals surface area contributed by atoms with Crippen LogP contribution in [0.4, 0.5) is 11.4 Å². The summed E-state index contributed by atoms with van der Waals surface area (Å²) in [6.07, 6.45) is 0. The second kappa shape index (κ2) is 11.2. The molecule has 0 radical (unpaired) electrons. The van der Waals surface area contributed by atoms with Gasteiger partial charge >= 0.3 is 0 Å². The monoisotopic (exact) mass is 475 g/mol. The number of amides is 2. The molecule has 10 nitrogen and oxygen atoms in total. The van der Waals surface area contributed by atoms with E-state index in [4.69, 9.17) is 9.88 Å². The molecule has 178 valence electrons. The summed E-state index contributed by atoms with van der Waals surface area (Å²) in [5.41, 5.74) is 1.22. The molecule has 1 aliphatic heterocycles. The Bertz CT molecular complexity index is 1050. The number of rotatable bonds is 9. The SMILES string of the molecule is CCOc1ccc(NC(=O)CN2CCN(CC(=O)Nc3ccc(S(N)(=O)=O)cc3)CC2)cc1. The Morgan fingerprint density at radius 3 is 1.67 bits per heavy atom. The minimum atomic E-state index is -3.77. The zero-order valence-corrected chi connectivity index (χ0v) is 19.3. The summed E-state index contributed by atoms with van der Waals surface area (Å²) in [5, 5.41) is 10.7. The zero-order valence-electron chi connectivity index (χ0n) is 18.5. The summed E-state index contributed by atoms with van der Waals surface area (Å²) >= 11 is 0. The summed E-state index contributed by atoms with van der Waals surface area (Å²) in [6, 6.07) is 12.9. The Balaban J connectivity index is 1.38. The predicted molar refractivity (Wildman–Crippen MR) is 126 cm³/mol. The molecule has 1 saturated heterocycles. The number of carbonyl (C=O) groups is 2. The molecule has 0 spiro atoms. The van der Waals surface area contributed by atoms with Gasteiger partial charge in [0.1, 0.15) is 5.75 Å². The molecule has 0 saturated carbocycles. The van der Waals surface area contributed by atoms with Gasteiger partial charge in [0.2, 0.25) is 21.8 Å². The molecule has 0 aliphatic carbocycles. The van der Waals surface area contributed by atoms with Gasteiger partial charge in [0.05, 0.1) is 24.6 Å². The van der Waals surface area contributed by atoms with Gasteiger partial charge < -0.3 is 15.4 Å². The minimum Gasteiger partial charge on any atom is -0.494 e. The molecule has 2 amide bonds. The maximum atomic E-state index is 12.3. The number of nitrogens with one attached hydrogen (secondary N) is 2. The molecule has 2 aromatic carbocycles. The molecule has 11 heteroatoms. The third-order valence-electron chi connectivity index (χ3n) is 5.12. The number of benzene rings is 2. The highest BCUT2D eigenvalue weighted by Gasteiger charge is 2.21. The van der Waals surface area contributed by atoms with E-state index in [2.05, 4.69) is 10.6 Å². The average molecular weight is 476 g/mol. The van der Waals surface area contributed by atoms with E-state index in [1.165, 1.54) is 24.3 Å². The average Bonchev–Trinajstić information content (AvgIpc) is 2.76. The molecular weight excluding hydrogens is 446 g/mol. The number of nitrogens with zero attached hydrogens (tertiary/aromatic N) is 2. The van der Waals surface area contributed by atoms with Gasteiger partial charge in [-0.05, 0) is 55.5 Å². The van der Waals surface area contributed by atoms with E-state index in [0.717, 1.165) is 11.4 Å². The number of piperazine rings is 1. The Morgan fingerprint density at radius 1 is 0.848 bits per heavy atom. The van der Waals surface area contributed by atoms with Crippen LogP contribution in [0.25, 0.3) is 0 Å². The van der Waals surface area contributed by atoms with Crippen LogP contribution in [0.3, 0.4) is 0 Å². The summed E-state index contributed by atoms with van der Waals surface area (Å²) in [5.74, 6) is 0.476. The van der Waals surface area contributed by atoms with Gasteiger partial charge in [-0.15, -0.1) is 0 Å². The third kappa shape index (κ3) is 7.82. The lowest BCUT2D eigenvalue weighted by Gasteiger charge is -2.33. The number of carbonyl (C=O) groups excluding carboxylic acids is 2.